The van der Waals surface area contributed by atoms with Gasteiger partial charge in [0.25, 0.3) is 0 Å². The number of hydrogen-bond donors (Lipinski definition) is 0. The van der Waals surface area contributed by atoms with Gasteiger partial charge in [-0.3, -0.25) is 4.57 Å². The van der Waals surface area contributed by atoms with Crippen molar-refractivity contribution in [2.75, 3.05) is 0 Å². The van der Waals surface area contributed by atoms with Crippen LogP contribution < -0.4 is 0 Å². The lowest BCUT2D eigenvalue weighted by molar-refractivity contribution is 0.989. The number of allylic oxidation sites excluding steroid dienone is 1. The minimum Gasteiger partial charge on any atom is -0.309 e. The van der Waals surface area contributed by atoms with Gasteiger partial charge in [-0.1, -0.05) is 146 Å². The number of benzene rings is 8. The monoisotopic (exact) mass is 796 g/mol. The van der Waals surface area contributed by atoms with Gasteiger partial charge in [0.2, 0.25) is 5.95 Å². The largest absolute Gasteiger partial charge is 0.309 e. The summed E-state index contributed by atoms with van der Waals surface area (Å²) < 4.78 is 5.85. The van der Waals surface area contributed by atoms with Gasteiger partial charge in [-0.25, -0.2) is 9.97 Å². The van der Waals surface area contributed by atoms with Crippen molar-refractivity contribution in [3.05, 3.63) is 199 Å². The molecule has 0 amide bonds. The molecule has 1 aliphatic rings. The van der Waals surface area contributed by atoms with Crippen molar-refractivity contribution in [3.63, 3.8) is 0 Å². The Kier molecular flexibility index (Phi) is 7.57. The average Bonchev–Trinajstić information content (AvgIpc) is 4.01. The van der Waals surface area contributed by atoms with E-state index in [0.29, 0.717) is 5.95 Å². The first-order valence-electron chi connectivity index (χ1n) is 21.0. The Morgan fingerprint density at radius 3 is 2.05 bits per heavy atom. The van der Waals surface area contributed by atoms with E-state index in [1.54, 1.807) is 11.3 Å². The number of hydrogen-bond acceptors (Lipinski definition) is 3. The Balaban J connectivity index is 1.11. The zero-order valence-electron chi connectivity index (χ0n) is 33.1. The number of para-hydroxylation sites is 2. The van der Waals surface area contributed by atoms with Gasteiger partial charge in [0.05, 0.1) is 38.0 Å². The highest BCUT2D eigenvalue weighted by Gasteiger charge is 2.24. The Morgan fingerprint density at radius 1 is 0.508 bits per heavy atom. The highest BCUT2D eigenvalue weighted by molar-refractivity contribution is 7.18. The van der Waals surface area contributed by atoms with Crippen molar-refractivity contribution in [2.45, 2.75) is 12.8 Å². The van der Waals surface area contributed by atoms with Crippen molar-refractivity contribution < 1.29 is 0 Å². The predicted molar refractivity (Wildman–Crippen MR) is 257 cm³/mol. The average molecular weight is 797 g/mol. The van der Waals surface area contributed by atoms with Gasteiger partial charge in [-0.2, -0.15) is 0 Å². The molecular formula is C56H36N4S. The highest BCUT2D eigenvalue weighted by Crippen LogP contribution is 2.45. The fraction of sp³-hybridized carbons (Fsp3) is 0.0357. The molecule has 0 radical (unpaired) electrons. The summed E-state index contributed by atoms with van der Waals surface area (Å²) >= 11 is 1.71. The van der Waals surface area contributed by atoms with Crippen molar-refractivity contribution >= 4 is 82.0 Å². The second-order valence-corrected chi connectivity index (χ2v) is 16.9. The maximum Gasteiger partial charge on any atom is 0.235 e. The van der Waals surface area contributed by atoms with E-state index in [-0.39, 0.29) is 0 Å². The lowest BCUT2D eigenvalue weighted by Gasteiger charge is -2.13. The molecule has 4 aromatic heterocycles. The van der Waals surface area contributed by atoms with Crippen LogP contribution in [0.4, 0.5) is 0 Å². The Bertz CT molecular complexity index is 3740. The molecule has 0 N–H and O–H groups in total. The number of fused-ring (bicyclic) bond motifs is 10. The summed E-state index contributed by atoms with van der Waals surface area (Å²) in [5.41, 5.74) is 16.1. The van der Waals surface area contributed by atoms with Gasteiger partial charge in [0.1, 0.15) is 0 Å². The van der Waals surface area contributed by atoms with Crippen LogP contribution in [0, 0.1) is 0 Å². The second kappa shape index (κ2) is 13.5. The van der Waals surface area contributed by atoms with E-state index < -0.39 is 0 Å². The highest BCUT2D eigenvalue weighted by atomic mass is 32.1. The Hall–Kier alpha value is -7.60. The number of aryl methyl sites for hydroxylation is 1. The third-order valence-electron chi connectivity index (χ3n) is 12.6. The van der Waals surface area contributed by atoms with Crippen LogP contribution in [0.2, 0.25) is 0 Å². The van der Waals surface area contributed by atoms with Crippen molar-refractivity contribution in [1.82, 2.24) is 19.1 Å². The van der Waals surface area contributed by atoms with E-state index in [9.17, 15) is 0 Å². The lowest BCUT2D eigenvalue weighted by Crippen LogP contribution is -2.03. The van der Waals surface area contributed by atoms with E-state index in [1.807, 2.05) is 0 Å². The fourth-order valence-corrected chi connectivity index (χ4v) is 10.9. The molecule has 0 unspecified atom stereocenters. The molecule has 12 aromatic rings. The molecule has 286 valence electrons. The van der Waals surface area contributed by atoms with Gasteiger partial charge < -0.3 is 4.57 Å². The minimum absolute atomic E-state index is 0.661. The number of nitrogens with zero attached hydrogens (tertiary/aromatic N) is 4. The van der Waals surface area contributed by atoms with Crippen LogP contribution in [0.5, 0.6) is 0 Å². The third-order valence-corrected chi connectivity index (χ3v) is 13.6. The first-order chi connectivity index (χ1) is 30.3. The topological polar surface area (TPSA) is 35.6 Å². The summed E-state index contributed by atoms with van der Waals surface area (Å²) in [4.78, 5) is 11.0. The van der Waals surface area contributed by atoms with Gasteiger partial charge in [-0.05, 0) is 88.3 Å². The molecule has 0 atom stereocenters. The molecule has 61 heavy (non-hydrogen) atoms. The summed E-state index contributed by atoms with van der Waals surface area (Å²) in [7, 11) is 0. The van der Waals surface area contributed by atoms with E-state index in [0.717, 1.165) is 67.5 Å². The minimum atomic E-state index is 0.661. The number of aromatic nitrogens is 4. The molecule has 1 aliphatic carbocycles. The van der Waals surface area contributed by atoms with Crippen LogP contribution >= 0.6 is 11.3 Å². The molecule has 0 fully saturated rings. The second-order valence-electron chi connectivity index (χ2n) is 16.1. The first-order valence-corrected chi connectivity index (χ1v) is 21.8. The van der Waals surface area contributed by atoms with Crippen molar-refractivity contribution in [2.24, 2.45) is 0 Å². The predicted octanol–water partition coefficient (Wildman–Crippen LogP) is 15.0. The molecule has 0 spiro atoms. The smallest absolute Gasteiger partial charge is 0.235 e. The Labute approximate surface area is 355 Å². The van der Waals surface area contributed by atoms with Crippen LogP contribution in [0.15, 0.2) is 187 Å². The summed E-state index contributed by atoms with van der Waals surface area (Å²) in [6.07, 6.45) is 6.82. The van der Waals surface area contributed by atoms with Gasteiger partial charge in [-0.15, -0.1) is 11.3 Å². The van der Waals surface area contributed by atoms with Crippen LogP contribution in [0.1, 0.15) is 17.5 Å². The summed E-state index contributed by atoms with van der Waals surface area (Å²) in [5, 5.41) is 9.54. The standard InChI is InChI=1S/C56H36N4S/c1-4-15-35(16-5-1)47-34-61-55-52(37-18-6-2-7-19-37)57-56(58-53(47)55)60-48-29-28-40(32-45(48)46-31-38-20-10-11-21-39(38)33-50(46)60)43-25-14-26-44-51-42-24-13-12-17-36(42)27-30-49(51)59(54(43)44)41-22-8-3-9-23-41/h1-11,13-16,18-34H,12,17H2. The third kappa shape index (κ3) is 5.24. The zero-order chi connectivity index (χ0) is 40.0. The zero-order valence-corrected chi connectivity index (χ0v) is 33.9. The molecule has 4 heterocycles. The summed E-state index contributed by atoms with van der Waals surface area (Å²) in [5.74, 6) is 0.661. The van der Waals surface area contributed by atoms with Crippen LogP contribution in [0.3, 0.4) is 0 Å². The normalized spacial score (nSPS) is 12.7. The maximum absolute atomic E-state index is 5.50. The summed E-state index contributed by atoms with van der Waals surface area (Å²) in [6, 6.07) is 63.8. The number of rotatable bonds is 5. The Morgan fingerprint density at radius 2 is 1.23 bits per heavy atom. The molecule has 0 aliphatic heterocycles. The maximum atomic E-state index is 5.50. The SMILES string of the molecule is C1=Cc2c(ccc3c2c2cccc(-c4ccc5c(c4)c4cc6ccccc6cc4n5-c4nc(-c5ccccc5)c5scc(-c6ccccc6)c5n4)c2n3-c2ccccc2)CC1. The van der Waals surface area contributed by atoms with E-state index >= 15 is 0 Å². The molecule has 5 heteroatoms. The van der Waals surface area contributed by atoms with Gasteiger partial charge >= 0.3 is 0 Å². The van der Waals surface area contributed by atoms with Crippen LogP contribution in [0.25, 0.3) is 116 Å². The molecule has 0 bridgehead atoms. The van der Waals surface area contributed by atoms with E-state index in [2.05, 4.69) is 203 Å². The molecular weight excluding hydrogens is 761 g/mol. The quantitative estimate of drug-likeness (QED) is 0.174. The van der Waals surface area contributed by atoms with Gasteiger partial charge in [0.15, 0.2) is 0 Å². The molecule has 8 aromatic carbocycles. The van der Waals surface area contributed by atoms with Crippen LogP contribution in [-0.4, -0.2) is 19.1 Å². The summed E-state index contributed by atoms with van der Waals surface area (Å²) in [6.45, 7) is 0. The van der Waals surface area contributed by atoms with Crippen molar-refractivity contribution in [3.8, 4) is 45.1 Å². The van der Waals surface area contributed by atoms with E-state index in [1.165, 1.54) is 60.2 Å². The molecule has 13 rings (SSSR count). The van der Waals surface area contributed by atoms with Gasteiger partial charge in [0, 0.05) is 49.3 Å². The van der Waals surface area contributed by atoms with Crippen LogP contribution in [-0.2, 0) is 6.42 Å². The number of thiophene rings is 1. The molecule has 4 nitrogen and oxygen atoms in total. The lowest BCUT2D eigenvalue weighted by atomic mass is 9.92. The molecule has 0 saturated heterocycles. The molecule has 0 saturated carbocycles. The van der Waals surface area contributed by atoms with E-state index in [4.69, 9.17) is 9.97 Å². The fourth-order valence-electron chi connectivity index (χ4n) is 9.86. The first kappa shape index (κ1) is 34.3. The van der Waals surface area contributed by atoms with Crippen molar-refractivity contribution in [1.29, 1.82) is 0 Å².